The Labute approximate surface area is 147 Å². The molecule has 7 nitrogen and oxygen atoms in total. The van der Waals surface area contributed by atoms with E-state index in [-0.39, 0.29) is 6.09 Å². The van der Waals surface area contributed by atoms with Crippen molar-refractivity contribution < 1.29 is 19.4 Å². The highest BCUT2D eigenvalue weighted by atomic mass is 16.6. The molecular formula is C18H23N3O4. The molecule has 2 aliphatic heterocycles. The van der Waals surface area contributed by atoms with Gasteiger partial charge in [0.15, 0.2) is 0 Å². The third-order valence-electron chi connectivity index (χ3n) is 4.76. The third-order valence-corrected chi connectivity index (χ3v) is 4.76. The monoisotopic (exact) mass is 345 g/mol. The maximum absolute atomic E-state index is 11.7. The first-order valence-electron chi connectivity index (χ1n) is 8.47. The Morgan fingerprint density at radius 2 is 1.92 bits per heavy atom. The number of hydrogen-bond donors (Lipinski definition) is 1. The maximum Gasteiger partial charge on any atom is 0.409 e. The van der Waals surface area contributed by atoms with Gasteiger partial charge in [0.05, 0.1) is 25.3 Å². The normalized spacial score (nSPS) is 24.3. The van der Waals surface area contributed by atoms with Crippen LogP contribution >= 0.6 is 0 Å². The fourth-order valence-corrected chi connectivity index (χ4v) is 3.84. The van der Waals surface area contributed by atoms with Gasteiger partial charge in [0.25, 0.3) is 0 Å². The fraction of sp³-hybridized carbons (Fsp3) is 0.556. The fourth-order valence-electron chi connectivity index (χ4n) is 3.84. The van der Waals surface area contributed by atoms with Gasteiger partial charge in [0, 0.05) is 26.2 Å². The van der Waals surface area contributed by atoms with Crippen LogP contribution in [-0.2, 0) is 4.74 Å². The molecule has 2 bridgehead atoms. The van der Waals surface area contributed by atoms with Gasteiger partial charge in [0.2, 0.25) is 6.29 Å². The number of nitrogens with zero attached hydrogens (tertiary/aromatic N) is 3. The highest BCUT2D eigenvalue weighted by molar-refractivity contribution is 5.67. The first kappa shape index (κ1) is 17.5. The van der Waals surface area contributed by atoms with Gasteiger partial charge in [-0.2, -0.15) is 5.26 Å². The minimum Gasteiger partial charge on any atom is -0.464 e. The second-order valence-electron chi connectivity index (χ2n) is 6.77. The molecule has 0 aliphatic carbocycles. The van der Waals surface area contributed by atoms with Gasteiger partial charge in [-0.1, -0.05) is 0 Å². The Bertz CT molecular complexity index is 629. The number of amides is 1. The van der Waals surface area contributed by atoms with Gasteiger partial charge in [-0.05, 0) is 42.5 Å². The first-order valence-corrected chi connectivity index (χ1v) is 8.47. The van der Waals surface area contributed by atoms with Crippen LogP contribution in [0.4, 0.5) is 4.79 Å². The largest absolute Gasteiger partial charge is 0.464 e. The van der Waals surface area contributed by atoms with E-state index >= 15 is 0 Å². The van der Waals surface area contributed by atoms with Crippen molar-refractivity contribution in [1.82, 2.24) is 9.80 Å². The summed E-state index contributed by atoms with van der Waals surface area (Å²) in [7, 11) is 1.41. The summed E-state index contributed by atoms with van der Waals surface area (Å²) in [6.07, 6.45) is -0.0767. The number of aliphatic hydroxyl groups is 1. The predicted octanol–water partition coefficient (Wildman–Crippen LogP) is 1.28. The number of ether oxygens (including phenoxy) is 2. The number of nitriles is 1. The molecule has 1 amide bonds. The van der Waals surface area contributed by atoms with Crippen molar-refractivity contribution in [1.29, 1.82) is 5.26 Å². The lowest BCUT2D eigenvalue weighted by atomic mass is 9.85. The number of likely N-dealkylation sites (tertiary alicyclic amines) is 2. The number of hydrogen-bond acceptors (Lipinski definition) is 6. The van der Waals surface area contributed by atoms with Gasteiger partial charge >= 0.3 is 6.09 Å². The van der Waals surface area contributed by atoms with E-state index in [2.05, 4.69) is 4.90 Å². The molecule has 2 aliphatic rings. The average Bonchev–Trinajstić information content (AvgIpc) is 2.60. The molecular weight excluding hydrogens is 322 g/mol. The van der Waals surface area contributed by atoms with E-state index < -0.39 is 6.29 Å². The molecule has 0 radical (unpaired) electrons. The van der Waals surface area contributed by atoms with Gasteiger partial charge in [-0.15, -0.1) is 0 Å². The molecule has 0 aromatic heterocycles. The molecule has 2 saturated heterocycles. The Kier molecular flexibility index (Phi) is 5.41. The van der Waals surface area contributed by atoms with Crippen molar-refractivity contribution in [2.45, 2.75) is 12.7 Å². The highest BCUT2D eigenvalue weighted by Gasteiger charge is 2.36. The zero-order valence-corrected chi connectivity index (χ0v) is 14.3. The quantitative estimate of drug-likeness (QED) is 0.827. The van der Waals surface area contributed by atoms with Crippen LogP contribution in [0.5, 0.6) is 5.75 Å². The standard InChI is InChI=1S/C18H23N3O4/c1-24-18(23)21-10-14-6-15(11-21)9-20(8-14)12-17(22)25-16-4-2-13(7-19)3-5-16/h2-5,14-15,17,22H,6,8-12H2,1H3. The highest BCUT2D eigenvalue weighted by Crippen LogP contribution is 2.29. The summed E-state index contributed by atoms with van der Waals surface area (Å²) < 4.78 is 10.4. The summed E-state index contributed by atoms with van der Waals surface area (Å²) in [6.45, 7) is 3.49. The molecule has 2 heterocycles. The van der Waals surface area contributed by atoms with Crippen LogP contribution < -0.4 is 4.74 Å². The lowest BCUT2D eigenvalue weighted by molar-refractivity contribution is -0.0611. The second-order valence-corrected chi connectivity index (χ2v) is 6.77. The van der Waals surface area contributed by atoms with Crippen LogP contribution in [0.1, 0.15) is 12.0 Å². The number of benzene rings is 1. The summed E-state index contributed by atoms with van der Waals surface area (Å²) in [6, 6.07) is 8.73. The van der Waals surface area contributed by atoms with E-state index in [4.69, 9.17) is 14.7 Å². The van der Waals surface area contributed by atoms with Crippen LogP contribution in [0, 0.1) is 23.2 Å². The topological polar surface area (TPSA) is 86.0 Å². The van der Waals surface area contributed by atoms with Crippen LogP contribution in [0.25, 0.3) is 0 Å². The van der Waals surface area contributed by atoms with E-state index in [1.165, 1.54) is 7.11 Å². The Hall–Kier alpha value is -2.30. The van der Waals surface area contributed by atoms with Gasteiger partial charge in [-0.25, -0.2) is 4.79 Å². The van der Waals surface area contributed by atoms with Crippen LogP contribution in [0.2, 0.25) is 0 Å². The average molecular weight is 345 g/mol. The number of carbonyl (C=O) groups excluding carboxylic acids is 1. The Balaban J connectivity index is 1.51. The second kappa shape index (κ2) is 7.72. The minimum absolute atomic E-state index is 0.257. The molecule has 134 valence electrons. The number of carbonyl (C=O) groups is 1. The number of aliphatic hydroxyl groups excluding tert-OH is 1. The molecule has 7 heteroatoms. The number of fused-ring (bicyclic) bond motifs is 2. The molecule has 3 unspecified atom stereocenters. The number of rotatable bonds is 4. The number of piperidine rings is 2. The molecule has 0 saturated carbocycles. The summed E-state index contributed by atoms with van der Waals surface area (Å²) in [5, 5.41) is 19.0. The van der Waals surface area contributed by atoms with Crippen LogP contribution in [0.3, 0.4) is 0 Å². The third kappa shape index (κ3) is 4.41. The lowest BCUT2D eigenvalue weighted by Gasteiger charge is -2.45. The molecule has 1 aromatic rings. The van der Waals surface area contributed by atoms with Crippen molar-refractivity contribution in [3.63, 3.8) is 0 Å². The van der Waals surface area contributed by atoms with E-state index in [9.17, 15) is 9.90 Å². The van der Waals surface area contributed by atoms with E-state index in [0.717, 1.165) is 19.5 Å². The molecule has 2 fully saturated rings. The molecule has 1 aromatic carbocycles. The molecule has 25 heavy (non-hydrogen) atoms. The summed E-state index contributed by atoms with van der Waals surface area (Å²) in [5.41, 5.74) is 0.556. The van der Waals surface area contributed by atoms with Crippen LogP contribution in [0.15, 0.2) is 24.3 Å². The SMILES string of the molecule is COC(=O)N1CC2CC(CN(CC(O)Oc3ccc(C#N)cc3)C2)C1. The maximum atomic E-state index is 11.7. The minimum atomic E-state index is -0.927. The van der Waals surface area contributed by atoms with Crippen molar-refractivity contribution >= 4 is 6.09 Å². The summed E-state index contributed by atoms with van der Waals surface area (Å²) in [5.74, 6) is 1.34. The van der Waals surface area contributed by atoms with E-state index in [1.54, 1.807) is 29.2 Å². The zero-order valence-electron chi connectivity index (χ0n) is 14.3. The van der Waals surface area contributed by atoms with E-state index in [1.807, 2.05) is 6.07 Å². The molecule has 3 rings (SSSR count). The number of methoxy groups -OCH3 is 1. The van der Waals surface area contributed by atoms with Gasteiger partial charge in [-0.3, -0.25) is 4.90 Å². The van der Waals surface area contributed by atoms with Crippen molar-refractivity contribution in [3.05, 3.63) is 29.8 Å². The lowest BCUT2D eigenvalue weighted by Crippen LogP contribution is -2.55. The van der Waals surface area contributed by atoms with Gasteiger partial charge < -0.3 is 19.5 Å². The smallest absolute Gasteiger partial charge is 0.409 e. The van der Waals surface area contributed by atoms with Gasteiger partial charge in [0.1, 0.15) is 5.75 Å². The Morgan fingerprint density at radius 3 is 2.48 bits per heavy atom. The molecule has 3 atom stereocenters. The number of β-amino-alcohol motifs (C(OH)–C–C–N with tert-alkyl or cyclic N) is 1. The predicted molar refractivity (Wildman–Crippen MR) is 89.8 cm³/mol. The van der Waals surface area contributed by atoms with Crippen molar-refractivity contribution in [2.24, 2.45) is 11.8 Å². The van der Waals surface area contributed by atoms with Crippen molar-refractivity contribution in [2.75, 3.05) is 39.8 Å². The molecule has 0 spiro atoms. The zero-order chi connectivity index (χ0) is 17.8. The molecule has 1 N–H and O–H groups in total. The van der Waals surface area contributed by atoms with E-state index in [0.29, 0.717) is 42.8 Å². The first-order chi connectivity index (χ1) is 12.1. The Morgan fingerprint density at radius 1 is 1.28 bits per heavy atom. The summed E-state index contributed by atoms with van der Waals surface area (Å²) in [4.78, 5) is 15.7. The van der Waals surface area contributed by atoms with Crippen molar-refractivity contribution in [3.8, 4) is 11.8 Å². The van der Waals surface area contributed by atoms with Crippen LogP contribution in [-0.4, -0.2) is 67.1 Å². The summed E-state index contributed by atoms with van der Waals surface area (Å²) >= 11 is 0.